The van der Waals surface area contributed by atoms with E-state index in [9.17, 15) is 0 Å². The van der Waals surface area contributed by atoms with Crippen LogP contribution in [0.3, 0.4) is 0 Å². The van der Waals surface area contributed by atoms with E-state index in [0.29, 0.717) is 11.4 Å². The molecule has 2 rings (SSSR count). The first-order chi connectivity index (χ1) is 10.5. The third-order valence-electron chi connectivity index (χ3n) is 3.16. The fourth-order valence-corrected chi connectivity index (χ4v) is 1.93. The van der Waals surface area contributed by atoms with Crippen molar-refractivity contribution >= 4 is 7.85 Å². The molecular formula is C18H23BN2O. The normalized spacial score (nSPS) is 11.1. The van der Waals surface area contributed by atoms with Gasteiger partial charge in [-0.15, -0.1) is 0 Å². The van der Waals surface area contributed by atoms with Crippen LogP contribution in [0.4, 0.5) is 0 Å². The lowest BCUT2D eigenvalue weighted by molar-refractivity contribution is 0.414. The summed E-state index contributed by atoms with van der Waals surface area (Å²) in [5.41, 5.74) is 3.14. The van der Waals surface area contributed by atoms with Crippen molar-refractivity contribution in [1.29, 1.82) is 5.26 Å². The van der Waals surface area contributed by atoms with E-state index >= 15 is 0 Å². The molecule has 0 radical (unpaired) electrons. The average molecular weight is 294 g/mol. The van der Waals surface area contributed by atoms with E-state index in [2.05, 4.69) is 26.0 Å². The minimum Gasteiger partial charge on any atom is -0.497 e. The van der Waals surface area contributed by atoms with Crippen LogP contribution in [0.25, 0.3) is 0 Å². The second-order valence-corrected chi connectivity index (χ2v) is 5.57. The maximum Gasteiger partial charge on any atom is 0.118 e. The first-order valence-electron chi connectivity index (χ1n) is 7.23. The molecule has 0 heterocycles. The van der Waals surface area contributed by atoms with Crippen LogP contribution in [0, 0.1) is 11.3 Å². The molecule has 1 atom stereocenters. The van der Waals surface area contributed by atoms with Crippen LogP contribution in [-0.4, -0.2) is 41.0 Å². The Morgan fingerprint density at radius 2 is 1.36 bits per heavy atom. The predicted octanol–water partition coefficient (Wildman–Crippen LogP) is 2.47. The largest absolute Gasteiger partial charge is 0.497 e. The Morgan fingerprint density at radius 1 is 0.955 bits per heavy atom. The lowest BCUT2D eigenvalue weighted by Gasteiger charge is -2.13. The number of ether oxygens (including phenoxy) is 1. The lowest BCUT2D eigenvalue weighted by atomic mass is 9.76. The van der Waals surface area contributed by atoms with Gasteiger partial charge < -0.3 is 9.64 Å². The van der Waals surface area contributed by atoms with Gasteiger partial charge in [0.15, 0.2) is 0 Å². The van der Waals surface area contributed by atoms with Gasteiger partial charge in [-0.1, -0.05) is 24.3 Å². The highest BCUT2D eigenvalue weighted by molar-refractivity contribution is 6.14. The van der Waals surface area contributed by atoms with Crippen LogP contribution < -0.4 is 4.74 Å². The highest BCUT2D eigenvalue weighted by Gasteiger charge is 2.08. The molecule has 0 saturated heterocycles. The zero-order chi connectivity index (χ0) is 16.5. The van der Waals surface area contributed by atoms with Gasteiger partial charge in [-0.3, -0.25) is 0 Å². The number of nitrogens with zero attached hydrogens (tertiary/aromatic N) is 2. The molecule has 0 aliphatic carbocycles. The molecule has 0 amide bonds. The Labute approximate surface area is 134 Å². The smallest absolute Gasteiger partial charge is 0.118 e. The minimum atomic E-state index is 0.309. The van der Waals surface area contributed by atoms with Crippen LogP contribution in [0.15, 0.2) is 48.5 Å². The fourth-order valence-electron chi connectivity index (χ4n) is 1.93. The zero-order valence-corrected chi connectivity index (χ0v) is 14.0. The van der Waals surface area contributed by atoms with E-state index in [0.717, 1.165) is 5.75 Å². The molecule has 2 aromatic rings. The summed E-state index contributed by atoms with van der Waals surface area (Å²) in [4.78, 5) is 2.00. The standard InChI is InChI=1S/C15H14BNO.C3H9N/c1-18-14-8-6-13(7-9-14)15(16)12-4-2-11(10-17)3-5-12;1-4(2)3/h2-9,15H,16H2,1H3;1-3H3. The topological polar surface area (TPSA) is 36.3 Å². The monoisotopic (exact) mass is 294 g/mol. The van der Waals surface area contributed by atoms with Gasteiger partial charge in [0.2, 0.25) is 0 Å². The lowest BCUT2D eigenvalue weighted by Crippen LogP contribution is -2.00. The minimum absolute atomic E-state index is 0.309. The molecule has 22 heavy (non-hydrogen) atoms. The molecule has 0 fully saturated rings. The third-order valence-corrected chi connectivity index (χ3v) is 3.16. The molecule has 3 nitrogen and oxygen atoms in total. The summed E-state index contributed by atoms with van der Waals surface area (Å²) in [5, 5.41) is 8.78. The Morgan fingerprint density at radius 3 is 1.73 bits per heavy atom. The Hall–Kier alpha value is -2.25. The van der Waals surface area contributed by atoms with Gasteiger partial charge in [-0.05, 0) is 62.4 Å². The Balaban J connectivity index is 0.000000541. The van der Waals surface area contributed by atoms with Crippen LogP contribution >= 0.6 is 0 Å². The molecule has 0 N–H and O–H groups in total. The molecular weight excluding hydrogens is 271 g/mol. The zero-order valence-electron chi connectivity index (χ0n) is 14.0. The summed E-state index contributed by atoms with van der Waals surface area (Å²) >= 11 is 0. The molecule has 0 aliphatic heterocycles. The van der Waals surface area contributed by atoms with Gasteiger partial charge >= 0.3 is 0 Å². The van der Waals surface area contributed by atoms with Gasteiger partial charge in [0.05, 0.1) is 18.7 Å². The van der Waals surface area contributed by atoms with Crippen molar-refractivity contribution in [1.82, 2.24) is 4.90 Å². The summed E-state index contributed by atoms with van der Waals surface area (Å²) in [6.07, 6.45) is 0. The van der Waals surface area contributed by atoms with Crippen molar-refractivity contribution in [2.24, 2.45) is 0 Å². The van der Waals surface area contributed by atoms with E-state index in [4.69, 9.17) is 10.00 Å². The van der Waals surface area contributed by atoms with Gasteiger partial charge in [0.1, 0.15) is 13.6 Å². The SMILES string of the molecule is BC(c1ccc(C#N)cc1)c1ccc(OC)cc1.CN(C)C. The maximum absolute atomic E-state index is 8.78. The predicted molar refractivity (Wildman–Crippen MR) is 94.1 cm³/mol. The number of nitriles is 1. The molecule has 0 bridgehead atoms. The van der Waals surface area contributed by atoms with E-state index in [1.807, 2.05) is 62.4 Å². The number of methoxy groups -OCH3 is 1. The second kappa shape index (κ2) is 8.91. The number of benzene rings is 2. The molecule has 0 saturated carbocycles. The quantitative estimate of drug-likeness (QED) is 0.816. The summed E-state index contributed by atoms with van der Waals surface area (Å²) in [6.45, 7) is 0. The maximum atomic E-state index is 8.78. The Kier molecular flexibility index (Phi) is 7.21. The van der Waals surface area contributed by atoms with E-state index < -0.39 is 0 Å². The van der Waals surface area contributed by atoms with Crippen molar-refractivity contribution < 1.29 is 4.74 Å². The first-order valence-corrected chi connectivity index (χ1v) is 7.23. The molecule has 0 aromatic heterocycles. The first kappa shape index (κ1) is 17.8. The van der Waals surface area contributed by atoms with Crippen LogP contribution in [0.2, 0.25) is 0 Å². The van der Waals surface area contributed by atoms with E-state index in [1.165, 1.54) is 11.1 Å². The van der Waals surface area contributed by atoms with Crippen molar-refractivity contribution in [3.63, 3.8) is 0 Å². The highest BCUT2D eigenvalue weighted by Crippen LogP contribution is 2.23. The van der Waals surface area contributed by atoms with E-state index in [1.54, 1.807) is 7.11 Å². The summed E-state index contributed by atoms with van der Waals surface area (Å²) in [7, 11) is 9.82. The van der Waals surface area contributed by atoms with Gasteiger partial charge in [0, 0.05) is 0 Å². The van der Waals surface area contributed by atoms with Crippen molar-refractivity contribution in [3.05, 3.63) is 65.2 Å². The third kappa shape index (κ3) is 5.63. The Bertz CT molecular complexity index is 598. The summed E-state index contributed by atoms with van der Waals surface area (Å²) < 4.78 is 5.15. The highest BCUT2D eigenvalue weighted by atomic mass is 16.5. The summed E-state index contributed by atoms with van der Waals surface area (Å²) in [6, 6.07) is 17.9. The van der Waals surface area contributed by atoms with Crippen LogP contribution in [0.5, 0.6) is 5.75 Å². The van der Waals surface area contributed by atoms with Crippen LogP contribution in [-0.2, 0) is 0 Å². The number of hydrogen-bond donors (Lipinski definition) is 0. The number of rotatable bonds is 3. The second-order valence-electron chi connectivity index (χ2n) is 5.57. The molecule has 1 unspecified atom stereocenters. The van der Waals surface area contributed by atoms with E-state index in [-0.39, 0.29) is 0 Å². The average Bonchev–Trinajstić information content (AvgIpc) is 2.54. The van der Waals surface area contributed by atoms with Gasteiger partial charge in [-0.25, -0.2) is 0 Å². The van der Waals surface area contributed by atoms with Crippen LogP contribution in [0.1, 0.15) is 22.5 Å². The summed E-state index contributed by atoms with van der Waals surface area (Å²) in [5.74, 6) is 1.18. The van der Waals surface area contributed by atoms with Crippen molar-refractivity contribution in [2.75, 3.05) is 28.3 Å². The van der Waals surface area contributed by atoms with Gasteiger partial charge in [-0.2, -0.15) is 5.26 Å². The molecule has 4 heteroatoms. The molecule has 0 spiro atoms. The van der Waals surface area contributed by atoms with Crippen molar-refractivity contribution in [2.45, 2.75) is 5.82 Å². The molecule has 114 valence electrons. The number of hydrogen-bond acceptors (Lipinski definition) is 3. The molecule has 2 aromatic carbocycles. The molecule has 0 aliphatic rings. The fraction of sp³-hybridized carbons (Fsp3) is 0.278. The van der Waals surface area contributed by atoms with Gasteiger partial charge in [0.25, 0.3) is 0 Å². The van der Waals surface area contributed by atoms with Crippen molar-refractivity contribution in [3.8, 4) is 11.8 Å².